The number of fused-ring (bicyclic) bond motifs is 2. The van der Waals surface area contributed by atoms with E-state index in [1.807, 2.05) is 26.0 Å². The highest BCUT2D eigenvalue weighted by Gasteiger charge is 2.33. The molecule has 0 radical (unpaired) electrons. The smallest absolute Gasteiger partial charge is 0.346 e. The molecule has 0 N–H and O–H groups in total. The number of rotatable bonds is 2. The lowest BCUT2D eigenvalue weighted by atomic mass is 10.1. The molecule has 0 aromatic heterocycles. The first-order valence-electron chi connectivity index (χ1n) is 6.65. The summed E-state index contributed by atoms with van der Waals surface area (Å²) < 4.78 is 5.10. The highest BCUT2D eigenvalue weighted by atomic mass is 32.2. The van der Waals surface area contributed by atoms with Gasteiger partial charge in [0.1, 0.15) is 4.91 Å². The lowest BCUT2D eigenvalue weighted by molar-refractivity contribution is -0.137. The monoisotopic (exact) mass is 288 g/mol. The van der Waals surface area contributed by atoms with Crippen LogP contribution >= 0.6 is 11.8 Å². The second kappa shape index (κ2) is 5.32. The van der Waals surface area contributed by atoms with E-state index in [1.54, 1.807) is 0 Å². The van der Waals surface area contributed by atoms with Crippen LogP contribution in [0.25, 0.3) is 0 Å². The van der Waals surface area contributed by atoms with Gasteiger partial charge in [-0.3, -0.25) is 4.99 Å². The lowest BCUT2D eigenvalue weighted by Gasteiger charge is -2.18. The molecular formula is C15H16N2O2S. The van der Waals surface area contributed by atoms with Gasteiger partial charge in [-0.1, -0.05) is 24.3 Å². The zero-order valence-corrected chi connectivity index (χ0v) is 12.4. The first-order valence-corrected chi connectivity index (χ1v) is 7.47. The van der Waals surface area contributed by atoms with Gasteiger partial charge in [0, 0.05) is 5.70 Å². The van der Waals surface area contributed by atoms with Gasteiger partial charge >= 0.3 is 5.97 Å². The predicted molar refractivity (Wildman–Crippen MR) is 80.0 cm³/mol. The van der Waals surface area contributed by atoms with E-state index in [0.29, 0.717) is 18.1 Å². The van der Waals surface area contributed by atoms with E-state index in [9.17, 15) is 4.79 Å². The normalized spacial score (nSPS) is 17.3. The van der Waals surface area contributed by atoms with E-state index in [-0.39, 0.29) is 5.97 Å². The van der Waals surface area contributed by atoms with Crippen molar-refractivity contribution in [1.29, 1.82) is 0 Å². The number of aliphatic imine (C=N–C) groups is 1. The summed E-state index contributed by atoms with van der Waals surface area (Å²) in [4.78, 5) is 19.3. The Morgan fingerprint density at radius 1 is 1.40 bits per heavy atom. The molecule has 0 saturated heterocycles. The van der Waals surface area contributed by atoms with Gasteiger partial charge in [-0.05, 0) is 36.7 Å². The molecule has 0 fully saturated rings. The van der Waals surface area contributed by atoms with Crippen LogP contribution in [0.5, 0.6) is 0 Å². The Morgan fingerprint density at radius 2 is 2.15 bits per heavy atom. The van der Waals surface area contributed by atoms with Crippen molar-refractivity contribution in [2.75, 3.05) is 6.61 Å². The molecule has 0 amide bonds. The van der Waals surface area contributed by atoms with Gasteiger partial charge in [0.2, 0.25) is 0 Å². The molecular weight excluding hydrogens is 272 g/mol. The highest BCUT2D eigenvalue weighted by Crippen LogP contribution is 2.38. The van der Waals surface area contributed by atoms with Crippen LogP contribution in [0.15, 0.2) is 39.9 Å². The Balaban J connectivity index is 1.92. The molecule has 2 aliphatic heterocycles. The fourth-order valence-corrected chi connectivity index (χ4v) is 3.39. The number of benzene rings is 1. The maximum Gasteiger partial charge on any atom is 0.346 e. The van der Waals surface area contributed by atoms with Crippen molar-refractivity contribution in [3.63, 3.8) is 0 Å². The van der Waals surface area contributed by atoms with Crippen LogP contribution < -0.4 is 0 Å². The summed E-state index contributed by atoms with van der Waals surface area (Å²) in [7, 11) is 0. The highest BCUT2D eigenvalue weighted by molar-refractivity contribution is 8.18. The maximum absolute atomic E-state index is 11.9. The first-order chi connectivity index (χ1) is 9.70. The third-order valence-corrected chi connectivity index (χ3v) is 4.65. The molecule has 1 aromatic rings. The number of esters is 1. The van der Waals surface area contributed by atoms with Crippen molar-refractivity contribution < 1.29 is 9.53 Å². The van der Waals surface area contributed by atoms with Gasteiger partial charge in [-0.15, -0.1) is 0 Å². The van der Waals surface area contributed by atoms with Crippen LogP contribution in [-0.4, -0.2) is 22.6 Å². The Morgan fingerprint density at radius 3 is 2.90 bits per heavy atom. The van der Waals surface area contributed by atoms with E-state index in [1.165, 1.54) is 22.9 Å². The van der Waals surface area contributed by atoms with Crippen molar-refractivity contribution >= 4 is 22.9 Å². The quantitative estimate of drug-likeness (QED) is 0.785. The van der Waals surface area contributed by atoms with E-state index >= 15 is 0 Å². The molecule has 0 unspecified atom stereocenters. The fourth-order valence-electron chi connectivity index (χ4n) is 2.37. The molecule has 0 atom stereocenters. The predicted octanol–water partition coefficient (Wildman–Crippen LogP) is 2.90. The third-order valence-electron chi connectivity index (χ3n) is 3.45. The largest absolute Gasteiger partial charge is 0.462 e. The molecule has 104 valence electrons. The van der Waals surface area contributed by atoms with Crippen molar-refractivity contribution in [3.05, 3.63) is 46.0 Å². The number of carbonyl (C=O) groups is 1. The summed E-state index contributed by atoms with van der Waals surface area (Å²) in [6.45, 7) is 5.59. The van der Waals surface area contributed by atoms with Gasteiger partial charge in [0.25, 0.3) is 0 Å². The molecule has 0 spiro atoms. The minimum atomic E-state index is -0.251. The van der Waals surface area contributed by atoms with Gasteiger partial charge in [0.05, 0.1) is 19.7 Å². The number of carbonyl (C=O) groups excluding carboxylic acids is 1. The molecule has 5 heteroatoms. The van der Waals surface area contributed by atoms with Crippen molar-refractivity contribution in [1.82, 2.24) is 4.90 Å². The van der Waals surface area contributed by atoms with Crippen LogP contribution in [0.1, 0.15) is 25.0 Å². The number of allylic oxidation sites excluding steroid dienone is 1. The van der Waals surface area contributed by atoms with E-state index in [2.05, 4.69) is 22.0 Å². The van der Waals surface area contributed by atoms with Gasteiger partial charge in [0.15, 0.2) is 5.17 Å². The van der Waals surface area contributed by atoms with Crippen molar-refractivity contribution in [3.8, 4) is 0 Å². The molecule has 1 aromatic carbocycles. The van der Waals surface area contributed by atoms with Crippen LogP contribution in [0.3, 0.4) is 0 Å². The standard InChI is InChI=1S/C15H16N2O2S/c1-3-19-14(18)13-10(2)17-9-12-7-5-4-6-11(12)8-16-15(17)20-13/h4-7H,3,8-9H2,1-2H3. The Kier molecular flexibility index (Phi) is 3.53. The summed E-state index contributed by atoms with van der Waals surface area (Å²) in [5.74, 6) is -0.251. The zero-order chi connectivity index (χ0) is 14.1. The SMILES string of the molecule is CCOC(=O)C1=C(C)N2Cc3ccccc3CN=C2S1. The van der Waals surface area contributed by atoms with Crippen LogP contribution in [0.2, 0.25) is 0 Å². The van der Waals surface area contributed by atoms with Gasteiger partial charge in [-0.2, -0.15) is 0 Å². The van der Waals surface area contributed by atoms with Crippen LogP contribution in [0.4, 0.5) is 0 Å². The van der Waals surface area contributed by atoms with Crippen molar-refractivity contribution in [2.45, 2.75) is 26.9 Å². The Labute approximate surface area is 122 Å². The van der Waals surface area contributed by atoms with Crippen molar-refractivity contribution in [2.24, 2.45) is 4.99 Å². The number of amidine groups is 1. The minimum Gasteiger partial charge on any atom is -0.462 e. The molecule has 2 heterocycles. The number of ether oxygens (including phenoxy) is 1. The Bertz CT molecular complexity index is 622. The third kappa shape index (κ3) is 2.22. The lowest BCUT2D eigenvalue weighted by Crippen LogP contribution is -2.21. The molecule has 4 nitrogen and oxygen atoms in total. The molecule has 3 rings (SSSR count). The molecule has 0 saturated carbocycles. The molecule has 2 aliphatic rings. The van der Waals surface area contributed by atoms with E-state index in [4.69, 9.17) is 4.74 Å². The molecule has 0 aliphatic carbocycles. The average molecular weight is 288 g/mol. The molecule has 20 heavy (non-hydrogen) atoms. The first kappa shape index (κ1) is 13.2. The summed E-state index contributed by atoms with van der Waals surface area (Å²) in [5.41, 5.74) is 3.45. The topological polar surface area (TPSA) is 41.9 Å². The summed E-state index contributed by atoms with van der Waals surface area (Å²) in [6, 6.07) is 8.30. The number of hydrogen-bond acceptors (Lipinski definition) is 5. The van der Waals surface area contributed by atoms with E-state index < -0.39 is 0 Å². The summed E-state index contributed by atoms with van der Waals surface area (Å²) in [6.07, 6.45) is 0. The second-order valence-electron chi connectivity index (χ2n) is 4.69. The van der Waals surface area contributed by atoms with Gasteiger partial charge in [-0.25, -0.2) is 4.79 Å². The van der Waals surface area contributed by atoms with E-state index in [0.717, 1.165) is 17.4 Å². The summed E-state index contributed by atoms with van der Waals surface area (Å²) >= 11 is 1.42. The number of thioether (sulfide) groups is 1. The fraction of sp³-hybridized carbons (Fsp3) is 0.333. The second-order valence-corrected chi connectivity index (χ2v) is 5.67. The number of hydrogen-bond donors (Lipinski definition) is 0. The van der Waals surface area contributed by atoms with Crippen LogP contribution in [-0.2, 0) is 22.6 Å². The average Bonchev–Trinajstić information content (AvgIpc) is 2.66. The zero-order valence-electron chi connectivity index (χ0n) is 11.5. The summed E-state index contributed by atoms with van der Waals surface area (Å²) in [5, 5.41) is 0.891. The number of nitrogens with zero attached hydrogens (tertiary/aromatic N) is 2. The minimum absolute atomic E-state index is 0.251. The molecule has 0 bridgehead atoms. The Hall–Kier alpha value is -1.75. The van der Waals surface area contributed by atoms with Crippen LogP contribution in [0, 0.1) is 0 Å². The van der Waals surface area contributed by atoms with Gasteiger partial charge < -0.3 is 9.64 Å². The maximum atomic E-state index is 11.9.